The van der Waals surface area contributed by atoms with Crippen molar-refractivity contribution in [3.8, 4) is 5.69 Å². The second-order valence-corrected chi connectivity index (χ2v) is 7.64. The van der Waals surface area contributed by atoms with Gasteiger partial charge >= 0.3 is 5.97 Å². The fourth-order valence-corrected chi connectivity index (χ4v) is 3.74. The Morgan fingerprint density at radius 1 is 1.22 bits per heavy atom. The number of anilines is 1. The topological polar surface area (TPSA) is 87.5 Å². The van der Waals surface area contributed by atoms with Crippen LogP contribution in [0.3, 0.4) is 0 Å². The zero-order valence-electron chi connectivity index (χ0n) is 15.3. The molecule has 1 saturated heterocycles. The number of aliphatic carboxylic acids is 1. The minimum absolute atomic E-state index is 0.0478. The third-order valence-corrected chi connectivity index (χ3v) is 5.36. The summed E-state index contributed by atoms with van der Waals surface area (Å²) in [5.41, 5.74) is 1.91. The summed E-state index contributed by atoms with van der Waals surface area (Å²) in [4.78, 5) is 25.8. The summed E-state index contributed by atoms with van der Waals surface area (Å²) in [5.74, 6) is -0.147. The maximum Gasteiger partial charge on any atom is 0.308 e. The standard InChI is InChI=1S/C20H24N4O3/c1-13-10-23(11-16(13)20(26)27)12-19(25)21-18-9-17(14-7-8-14)22-24(18)15-5-3-2-4-6-15/h2-6,9,13-14,16H,7-8,10-12H2,1H3,(H,21,25)(H,26,27)/t13-,16-/m1/s1. The van der Waals surface area contributed by atoms with Crippen molar-refractivity contribution in [2.24, 2.45) is 11.8 Å². The summed E-state index contributed by atoms with van der Waals surface area (Å²) in [6.45, 7) is 3.14. The largest absolute Gasteiger partial charge is 0.481 e. The first-order valence-corrected chi connectivity index (χ1v) is 9.41. The van der Waals surface area contributed by atoms with E-state index in [0.717, 1.165) is 24.2 Å². The molecule has 2 aliphatic rings. The van der Waals surface area contributed by atoms with Crippen LogP contribution in [0, 0.1) is 11.8 Å². The number of rotatable bonds is 6. The lowest BCUT2D eigenvalue weighted by atomic mass is 9.99. The molecule has 2 N–H and O–H groups in total. The number of nitrogens with one attached hydrogen (secondary N) is 1. The van der Waals surface area contributed by atoms with Gasteiger partial charge in [-0.25, -0.2) is 4.68 Å². The molecule has 0 radical (unpaired) electrons. The Kier molecular flexibility index (Phi) is 4.70. The van der Waals surface area contributed by atoms with Gasteiger partial charge in [-0.3, -0.25) is 14.5 Å². The van der Waals surface area contributed by atoms with Gasteiger partial charge in [0.2, 0.25) is 5.91 Å². The van der Waals surface area contributed by atoms with Crippen molar-refractivity contribution in [3.63, 3.8) is 0 Å². The quantitative estimate of drug-likeness (QED) is 0.817. The molecule has 7 nitrogen and oxygen atoms in total. The van der Waals surface area contributed by atoms with Gasteiger partial charge in [0.15, 0.2) is 0 Å². The van der Waals surface area contributed by atoms with Crippen molar-refractivity contribution >= 4 is 17.7 Å². The lowest BCUT2D eigenvalue weighted by Gasteiger charge is -2.15. The van der Waals surface area contributed by atoms with Crippen molar-refractivity contribution in [1.29, 1.82) is 0 Å². The number of hydrogen-bond donors (Lipinski definition) is 2. The summed E-state index contributed by atoms with van der Waals surface area (Å²) in [5, 5.41) is 16.9. The fraction of sp³-hybridized carbons (Fsp3) is 0.450. The Balaban J connectivity index is 1.47. The first-order chi connectivity index (χ1) is 13.0. The maximum atomic E-state index is 12.6. The van der Waals surface area contributed by atoms with Crippen molar-refractivity contribution in [2.75, 3.05) is 25.0 Å². The van der Waals surface area contributed by atoms with Crippen molar-refractivity contribution in [2.45, 2.75) is 25.7 Å². The van der Waals surface area contributed by atoms with Gasteiger partial charge in [0.1, 0.15) is 5.82 Å². The molecule has 0 bridgehead atoms. The van der Waals surface area contributed by atoms with E-state index in [9.17, 15) is 14.7 Å². The van der Waals surface area contributed by atoms with E-state index in [1.165, 1.54) is 0 Å². The van der Waals surface area contributed by atoms with E-state index in [2.05, 4.69) is 10.4 Å². The third-order valence-electron chi connectivity index (χ3n) is 5.36. The first kappa shape index (κ1) is 17.7. The first-order valence-electron chi connectivity index (χ1n) is 9.41. The SMILES string of the molecule is C[C@@H]1CN(CC(=O)Nc2cc(C3CC3)nn2-c2ccccc2)C[C@H]1C(=O)O. The number of aromatic nitrogens is 2. The molecule has 1 aromatic heterocycles. The van der Waals surface area contributed by atoms with Gasteiger partial charge in [-0.1, -0.05) is 25.1 Å². The smallest absolute Gasteiger partial charge is 0.308 e. The monoisotopic (exact) mass is 368 g/mol. The van der Waals surface area contributed by atoms with E-state index in [4.69, 9.17) is 0 Å². The number of benzene rings is 1. The van der Waals surface area contributed by atoms with Gasteiger partial charge in [0, 0.05) is 25.1 Å². The van der Waals surface area contributed by atoms with Crippen LogP contribution in [-0.4, -0.2) is 51.3 Å². The highest BCUT2D eigenvalue weighted by atomic mass is 16.4. The van der Waals surface area contributed by atoms with E-state index in [1.807, 2.05) is 48.2 Å². The molecule has 0 spiro atoms. The summed E-state index contributed by atoms with van der Waals surface area (Å²) in [7, 11) is 0. The molecule has 4 rings (SSSR count). The number of carboxylic acid groups (broad SMARTS) is 1. The number of hydrogen-bond acceptors (Lipinski definition) is 4. The average molecular weight is 368 g/mol. The molecule has 2 heterocycles. The number of likely N-dealkylation sites (tertiary alicyclic amines) is 1. The van der Waals surface area contributed by atoms with Crippen molar-refractivity contribution in [1.82, 2.24) is 14.7 Å². The van der Waals surface area contributed by atoms with E-state index in [-0.39, 0.29) is 18.4 Å². The molecule has 142 valence electrons. The van der Waals surface area contributed by atoms with Gasteiger partial charge in [-0.15, -0.1) is 0 Å². The zero-order valence-corrected chi connectivity index (χ0v) is 15.3. The van der Waals surface area contributed by atoms with E-state index in [0.29, 0.717) is 24.8 Å². The van der Waals surface area contributed by atoms with Crippen LogP contribution >= 0.6 is 0 Å². The normalized spacial score (nSPS) is 22.7. The van der Waals surface area contributed by atoms with Gasteiger partial charge in [-0.05, 0) is 30.9 Å². The van der Waals surface area contributed by atoms with E-state index in [1.54, 1.807) is 4.68 Å². The molecule has 27 heavy (non-hydrogen) atoms. The molecule has 2 fully saturated rings. The maximum absolute atomic E-state index is 12.6. The molecule has 2 atom stereocenters. The molecule has 1 aromatic carbocycles. The van der Waals surface area contributed by atoms with Crippen LogP contribution in [0.25, 0.3) is 5.69 Å². The average Bonchev–Trinajstić information content (AvgIpc) is 3.31. The molecule has 7 heteroatoms. The summed E-state index contributed by atoms with van der Waals surface area (Å²) in [6.07, 6.45) is 2.28. The molecular formula is C20H24N4O3. The summed E-state index contributed by atoms with van der Waals surface area (Å²) < 4.78 is 1.78. The highest BCUT2D eigenvalue weighted by molar-refractivity contribution is 5.92. The number of amides is 1. The van der Waals surface area contributed by atoms with Crippen LogP contribution in [0.4, 0.5) is 5.82 Å². The number of carbonyl (C=O) groups excluding carboxylic acids is 1. The van der Waals surface area contributed by atoms with E-state index >= 15 is 0 Å². The second-order valence-electron chi connectivity index (χ2n) is 7.64. The Hall–Kier alpha value is -2.67. The minimum atomic E-state index is -0.790. The predicted octanol–water partition coefficient (Wildman–Crippen LogP) is 2.34. The molecule has 1 aliphatic heterocycles. The van der Waals surface area contributed by atoms with Crippen LogP contribution in [-0.2, 0) is 9.59 Å². The van der Waals surface area contributed by atoms with E-state index < -0.39 is 11.9 Å². The summed E-state index contributed by atoms with van der Waals surface area (Å²) >= 11 is 0. The molecular weight excluding hydrogens is 344 g/mol. The van der Waals surface area contributed by atoms with Crippen LogP contribution < -0.4 is 5.32 Å². The summed E-state index contributed by atoms with van der Waals surface area (Å²) in [6, 6.07) is 11.7. The lowest BCUT2D eigenvalue weighted by Crippen LogP contribution is -2.32. The molecule has 1 amide bonds. The van der Waals surface area contributed by atoms with Gasteiger partial charge in [0.25, 0.3) is 0 Å². The van der Waals surface area contributed by atoms with Crippen LogP contribution in [0.5, 0.6) is 0 Å². The Labute approximate surface area is 158 Å². The Morgan fingerprint density at radius 2 is 1.96 bits per heavy atom. The van der Waals surface area contributed by atoms with Gasteiger partial charge < -0.3 is 10.4 Å². The zero-order chi connectivity index (χ0) is 19.0. The van der Waals surface area contributed by atoms with Gasteiger partial charge in [0.05, 0.1) is 23.8 Å². The molecule has 1 aliphatic carbocycles. The number of carboxylic acids is 1. The third kappa shape index (κ3) is 3.88. The van der Waals surface area contributed by atoms with Crippen LogP contribution in [0.15, 0.2) is 36.4 Å². The number of para-hydroxylation sites is 1. The highest BCUT2D eigenvalue weighted by Gasteiger charge is 2.35. The fourth-order valence-electron chi connectivity index (χ4n) is 3.74. The second kappa shape index (κ2) is 7.15. The lowest BCUT2D eigenvalue weighted by molar-refractivity contribution is -0.142. The number of carbonyl (C=O) groups is 2. The highest BCUT2D eigenvalue weighted by Crippen LogP contribution is 2.40. The van der Waals surface area contributed by atoms with Crippen LogP contribution in [0.1, 0.15) is 31.4 Å². The van der Waals surface area contributed by atoms with Crippen molar-refractivity contribution in [3.05, 3.63) is 42.1 Å². The Morgan fingerprint density at radius 3 is 2.59 bits per heavy atom. The van der Waals surface area contributed by atoms with Crippen LogP contribution in [0.2, 0.25) is 0 Å². The minimum Gasteiger partial charge on any atom is -0.481 e. The van der Waals surface area contributed by atoms with Gasteiger partial charge in [-0.2, -0.15) is 5.10 Å². The molecule has 2 aromatic rings. The number of nitrogens with zero attached hydrogens (tertiary/aromatic N) is 3. The molecule has 0 unspecified atom stereocenters. The predicted molar refractivity (Wildman–Crippen MR) is 101 cm³/mol. The van der Waals surface area contributed by atoms with Crippen molar-refractivity contribution < 1.29 is 14.7 Å². The molecule has 1 saturated carbocycles. The Bertz CT molecular complexity index is 844.